The molecule has 0 bridgehead atoms. The molecule has 15 heavy (non-hydrogen) atoms. The Morgan fingerprint density at radius 1 is 1.13 bits per heavy atom. The molecule has 1 nitrogen and oxygen atoms in total. The fourth-order valence-corrected chi connectivity index (χ4v) is 2.34. The van der Waals surface area contributed by atoms with Gasteiger partial charge in [-0.05, 0) is 29.1 Å². The molecule has 1 N–H and O–H groups in total. The summed E-state index contributed by atoms with van der Waals surface area (Å²) in [5.74, 6) is 0. The molecule has 2 aromatic rings. The molecule has 0 spiro atoms. The van der Waals surface area contributed by atoms with Crippen LogP contribution < -0.4 is 0 Å². The van der Waals surface area contributed by atoms with Gasteiger partial charge in [0.15, 0.2) is 0 Å². The summed E-state index contributed by atoms with van der Waals surface area (Å²) in [4.78, 5) is 0.897. The van der Waals surface area contributed by atoms with Crippen molar-refractivity contribution < 1.29 is 5.11 Å². The number of aliphatic hydroxyl groups is 1. The smallest absolute Gasteiger partial charge is 0.113 e. The van der Waals surface area contributed by atoms with E-state index in [1.165, 1.54) is 11.3 Å². The molecular formula is C11H8Cl2OS. The summed E-state index contributed by atoms with van der Waals surface area (Å²) in [5, 5.41) is 12.9. The lowest BCUT2D eigenvalue weighted by atomic mass is 10.1. The molecule has 78 valence electrons. The van der Waals surface area contributed by atoms with Crippen molar-refractivity contribution in [2.45, 2.75) is 6.10 Å². The standard InChI is InChI=1S/C11H8Cl2OS/c12-8-4-3-7(6-9(8)13)11(14)10-2-1-5-15-10/h1-6,11,14H/t11-/m1/s1. The Labute approximate surface area is 102 Å². The Kier molecular flexibility index (Phi) is 3.32. The minimum Gasteiger partial charge on any atom is -0.383 e. The Morgan fingerprint density at radius 2 is 1.93 bits per heavy atom. The summed E-state index contributed by atoms with van der Waals surface area (Å²) in [7, 11) is 0. The maximum absolute atomic E-state index is 10.0. The second-order valence-electron chi connectivity index (χ2n) is 3.09. The van der Waals surface area contributed by atoms with Crippen molar-refractivity contribution in [1.82, 2.24) is 0 Å². The third kappa shape index (κ3) is 2.34. The number of aliphatic hydroxyl groups excluding tert-OH is 1. The highest BCUT2D eigenvalue weighted by Crippen LogP contribution is 2.30. The molecule has 1 aromatic heterocycles. The topological polar surface area (TPSA) is 20.2 Å². The number of benzene rings is 1. The van der Waals surface area contributed by atoms with E-state index >= 15 is 0 Å². The van der Waals surface area contributed by atoms with Crippen molar-refractivity contribution in [1.29, 1.82) is 0 Å². The number of hydrogen-bond acceptors (Lipinski definition) is 2. The van der Waals surface area contributed by atoms with Gasteiger partial charge in [0.2, 0.25) is 0 Å². The monoisotopic (exact) mass is 258 g/mol. The fourth-order valence-electron chi connectivity index (χ4n) is 1.29. The third-order valence-electron chi connectivity index (χ3n) is 2.07. The summed E-state index contributed by atoms with van der Waals surface area (Å²) < 4.78 is 0. The van der Waals surface area contributed by atoms with Crippen LogP contribution in [0.5, 0.6) is 0 Å². The van der Waals surface area contributed by atoms with E-state index in [0.717, 1.165) is 10.4 Å². The van der Waals surface area contributed by atoms with Crippen molar-refractivity contribution in [3.05, 3.63) is 56.2 Å². The largest absolute Gasteiger partial charge is 0.383 e. The number of rotatable bonds is 2. The molecule has 1 atom stereocenters. The molecule has 0 saturated carbocycles. The molecule has 0 aliphatic rings. The van der Waals surface area contributed by atoms with Crippen molar-refractivity contribution in [3.63, 3.8) is 0 Å². The first-order valence-electron chi connectivity index (χ1n) is 4.35. The quantitative estimate of drug-likeness (QED) is 0.859. The van der Waals surface area contributed by atoms with Crippen LogP contribution in [0.25, 0.3) is 0 Å². The highest BCUT2D eigenvalue weighted by Gasteiger charge is 2.12. The number of halogens is 2. The Hall–Kier alpha value is -0.540. The fraction of sp³-hybridized carbons (Fsp3) is 0.0909. The molecule has 0 fully saturated rings. The lowest BCUT2D eigenvalue weighted by Gasteiger charge is -2.09. The Morgan fingerprint density at radius 3 is 2.53 bits per heavy atom. The first-order chi connectivity index (χ1) is 7.18. The van der Waals surface area contributed by atoms with Gasteiger partial charge in [0.1, 0.15) is 6.10 Å². The van der Waals surface area contributed by atoms with Crippen LogP contribution in [0.15, 0.2) is 35.7 Å². The molecule has 0 aliphatic carbocycles. The second-order valence-corrected chi connectivity index (χ2v) is 4.89. The molecule has 0 unspecified atom stereocenters. The van der Waals surface area contributed by atoms with Gasteiger partial charge in [-0.2, -0.15) is 0 Å². The zero-order valence-corrected chi connectivity index (χ0v) is 9.98. The van der Waals surface area contributed by atoms with E-state index in [2.05, 4.69) is 0 Å². The van der Waals surface area contributed by atoms with E-state index in [0.29, 0.717) is 10.0 Å². The van der Waals surface area contributed by atoms with Gasteiger partial charge in [0, 0.05) is 4.88 Å². The summed E-state index contributed by atoms with van der Waals surface area (Å²) in [6, 6.07) is 8.95. The highest BCUT2D eigenvalue weighted by atomic mass is 35.5. The van der Waals surface area contributed by atoms with Crippen LogP contribution in [-0.4, -0.2) is 5.11 Å². The molecular weight excluding hydrogens is 251 g/mol. The average Bonchev–Trinajstić information content (AvgIpc) is 2.74. The van der Waals surface area contributed by atoms with Crippen molar-refractivity contribution >= 4 is 34.5 Å². The third-order valence-corrected chi connectivity index (χ3v) is 3.74. The van der Waals surface area contributed by atoms with Crippen LogP contribution in [0, 0.1) is 0 Å². The van der Waals surface area contributed by atoms with Gasteiger partial charge in [-0.3, -0.25) is 0 Å². The number of hydrogen-bond donors (Lipinski definition) is 1. The zero-order chi connectivity index (χ0) is 10.8. The maximum atomic E-state index is 10.0. The van der Waals surface area contributed by atoms with Gasteiger partial charge in [-0.25, -0.2) is 0 Å². The minimum absolute atomic E-state index is 0.463. The minimum atomic E-state index is -0.625. The van der Waals surface area contributed by atoms with E-state index in [1.54, 1.807) is 18.2 Å². The predicted molar refractivity (Wildman–Crippen MR) is 64.8 cm³/mol. The van der Waals surface area contributed by atoms with Crippen LogP contribution in [0.1, 0.15) is 16.5 Å². The van der Waals surface area contributed by atoms with E-state index in [1.807, 2.05) is 17.5 Å². The molecule has 1 aromatic carbocycles. The predicted octanol–water partition coefficient (Wildman–Crippen LogP) is 4.14. The molecule has 1 heterocycles. The summed E-state index contributed by atoms with van der Waals surface area (Å²) in [6.45, 7) is 0. The van der Waals surface area contributed by atoms with E-state index in [4.69, 9.17) is 23.2 Å². The summed E-state index contributed by atoms with van der Waals surface area (Å²) in [6.07, 6.45) is -0.625. The Bertz CT molecular complexity index is 454. The molecule has 0 aliphatic heterocycles. The van der Waals surface area contributed by atoms with Crippen molar-refractivity contribution in [2.75, 3.05) is 0 Å². The molecule has 4 heteroatoms. The molecule has 2 rings (SSSR count). The Balaban J connectivity index is 2.34. The lowest BCUT2D eigenvalue weighted by Crippen LogP contribution is -1.96. The van der Waals surface area contributed by atoms with Crippen molar-refractivity contribution in [2.24, 2.45) is 0 Å². The van der Waals surface area contributed by atoms with Crippen LogP contribution >= 0.6 is 34.5 Å². The van der Waals surface area contributed by atoms with E-state index in [9.17, 15) is 5.11 Å². The highest BCUT2D eigenvalue weighted by molar-refractivity contribution is 7.10. The van der Waals surface area contributed by atoms with Crippen LogP contribution in [0.4, 0.5) is 0 Å². The van der Waals surface area contributed by atoms with Gasteiger partial charge in [-0.15, -0.1) is 11.3 Å². The molecule has 0 saturated heterocycles. The first-order valence-corrected chi connectivity index (χ1v) is 5.98. The van der Waals surface area contributed by atoms with E-state index in [-0.39, 0.29) is 0 Å². The van der Waals surface area contributed by atoms with Crippen LogP contribution in [-0.2, 0) is 0 Å². The van der Waals surface area contributed by atoms with Gasteiger partial charge >= 0.3 is 0 Å². The van der Waals surface area contributed by atoms with Gasteiger partial charge in [0.25, 0.3) is 0 Å². The average molecular weight is 259 g/mol. The van der Waals surface area contributed by atoms with Gasteiger partial charge in [-0.1, -0.05) is 35.3 Å². The molecule has 0 amide bonds. The maximum Gasteiger partial charge on any atom is 0.113 e. The van der Waals surface area contributed by atoms with Gasteiger partial charge < -0.3 is 5.11 Å². The molecule has 0 radical (unpaired) electrons. The van der Waals surface area contributed by atoms with Crippen LogP contribution in [0.3, 0.4) is 0 Å². The SMILES string of the molecule is O[C@H](c1ccc(Cl)c(Cl)c1)c1cccs1. The summed E-state index contributed by atoms with van der Waals surface area (Å²) >= 11 is 13.2. The second kappa shape index (κ2) is 4.54. The zero-order valence-electron chi connectivity index (χ0n) is 7.65. The first kappa shape index (κ1) is 11.0. The van der Waals surface area contributed by atoms with E-state index < -0.39 is 6.10 Å². The summed E-state index contributed by atoms with van der Waals surface area (Å²) in [5.41, 5.74) is 0.756. The van der Waals surface area contributed by atoms with Gasteiger partial charge in [0.05, 0.1) is 10.0 Å². The van der Waals surface area contributed by atoms with Crippen molar-refractivity contribution in [3.8, 4) is 0 Å². The number of thiophene rings is 1. The normalized spacial score (nSPS) is 12.7. The lowest BCUT2D eigenvalue weighted by molar-refractivity contribution is 0.224. The van der Waals surface area contributed by atoms with Crippen LogP contribution in [0.2, 0.25) is 10.0 Å².